The molecule has 1 saturated carbocycles. The molecule has 2 unspecified atom stereocenters. The van der Waals surface area contributed by atoms with Gasteiger partial charge in [-0.25, -0.2) is 0 Å². The Bertz CT molecular complexity index is 500. The lowest BCUT2D eigenvalue weighted by Gasteiger charge is -2.42. The summed E-state index contributed by atoms with van der Waals surface area (Å²) < 4.78 is 6.51. The standard InChI is InChI=1S/C18H26ClNO/c1-3-20(4-2)13-15-7-5-6-10-18(15)12-14-11-16(19)8-9-17(14)21-18/h8-9,11,15H,3-7,10,12-13H2,1-2H3. The number of nitrogens with zero attached hydrogens (tertiary/aromatic N) is 1. The van der Waals surface area contributed by atoms with E-state index in [1.54, 1.807) is 0 Å². The van der Waals surface area contributed by atoms with E-state index in [-0.39, 0.29) is 5.60 Å². The van der Waals surface area contributed by atoms with Crippen LogP contribution in [0.25, 0.3) is 0 Å². The molecule has 1 spiro atoms. The van der Waals surface area contributed by atoms with E-state index in [1.165, 1.54) is 31.2 Å². The van der Waals surface area contributed by atoms with Gasteiger partial charge in [-0.1, -0.05) is 31.9 Å². The van der Waals surface area contributed by atoms with Gasteiger partial charge in [-0.2, -0.15) is 0 Å². The quantitative estimate of drug-likeness (QED) is 0.809. The second-order valence-electron chi connectivity index (χ2n) is 6.52. The van der Waals surface area contributed by atoms with Crippen molar-refractivity contribution in [1.82, 2.24) is 4.90 Å². The van der Waals surface area contributed by atoms with Gasteiger partial charge in [0.1, 0.15) is 11.4 Å². The van der Waals surface area contributed by atoms with Crippen LogP contribution < -0.4 is 4.74 Å². The minimum atomic E-state index is 0.0217. The van der Waals surface area contributed by atoms with Gasteiger partial charge >= 0.3 is 0 Å². The Hall–Kier alpha value is -0.730. The molecule has 0 N–H and O–H groups in total. The highest BCUT2D eigenvalue weighted by Crippen LogP contribution is 2.47. The van der Waals surface area contributed by atoms with Crippen LogP contribution in [0.5, 0.6) is 5.75 Å². The second-order valence-corrected chi connectivity index (χ2v) is 6.96. The van der Waals surface area contributed by atoms with E-state index < -0.39 is 0 Å². The first-order chi connectivity index (χ1) is 10.2. The minimum Gasteiger partial charge on any atom is -0.486 e. The molecule has 1 aliphatic heterocycles. The maximum Gasteiger partial charge on any atom is 0.123 e. The molecule has 0 bridgehead atoms. The molecule has 2 aliphatic rings. The van der Waals surface area contributed by atoms with Gasteiger partial charge in [-0.15, -0.1) is 0 Å². The summed E-state index contributed by atoms with van der Waals surface area (Å²) in [6, 6.07) is 6.09. The van der Waals surface area contributed by atoms with Gasteiger partial charge in [0.2, 0.25) is 0 Å². The molecule has 2 atom stereocenters. The van der Waals surface area contributed by atoms with Crippen LogP contribution in [-0.4, -0.2) is 30.1 Å². The number of rotatable bonds is 4. The SMILES string of the molecule is CCN(CC)CC1CCCCC12Cc1cc(Cl)ccc1O2. The normalized spacial score (nSPS) is 27.9. The van der Waals surface area contributed by atoms with Gasteiger partial charge in [0, 0.05) is 23.9 Å². The highest BCUT2D eigenvalue weighted by atomic mass is 35.5. The van der Waals surface area contributed by atoms with Gasteiger partial charge < -0.3 is 9.64 Å². The predicted octanol–water partition coefficient (Wildman–Crippen LogP) is 4.55. The molecule has 0 amide bonds. The monoisotopic (exact) mass is 307 g/mol. The molecule has 1 heterocycles. The van der Waals surface area contributed by atoms with E-state index in [0.29, 0.717) is 5.92 Å². The Morgan fingerprint density at radius 2 is 2.10 bits per heavy atom. The van der Waals surface area contributed by atoms with Crippen molar-refractivity contribution >= 4 is 11.6 Å². The van der Waals surface area contributed by atoms with Gasteiger partial charge in [-0.3, -0.25) is 0 Å². The summed E-state index contributed by atoms with van der Waals surface area (Å²) in [6.07, 6.45) is 6.14. The van der Waals surface area contributed by atoms with E-state index in [1.807, 2.05) is 6.07 Å². The van der Waals surface area contributed by atoms with E-state index in [4.69, 9.17) is 16.3 Å². The molecule has 21 heavy (non-hydrogen) atoms. The molecule has 0 aromatic heterocycles. The van der Waals surface area contributed by atoms with Crippen molar-refractivity contribution in [2.75, 3.05) is 19.6 Å². The molecule has 116 valence electrons. The molecule has 3 heteroatoms. The maximum atomic E-state index is 6.51. The minimum absolute atomic E-state index is 0.0217. The molecule has 1 fully saturated rings. The Kier molecular flexibility index (Phi) is 4.46. The van der Waals surface area contributed by atoms with Crippen LogP contribution in [0, 0.1) is 5.92 Å². The van der Waals surface area contributed by atoms with E-state index >= 15 is 0 Å². The maximum absolute atomic E-state index is 6.51. The number of ether oxygens (including phenoxy) is 1. The Morgan fingerprint density at radius 3 is 2.86 bits per heavy atom. The molecule has 1 aromatic rings. The van der Waals surface area contributed by atoms with Crippen molar-refractivity contribution < 1.29 is 4.74 Å². The number of halogens is 1. The van der Waals surface area contributed by atoms with Crippen molar-refractivity contribution in [3.8, 4) is 5.75 Å². The molecule has 3 rings (SSSR count). The summed E-state index contributed by atoms with van der Waals surface area (Å²) in [5.74, 6) is 1.70. The van der Waals surface area contributed by atoms with E-state index in [0.717, 1.165) is 36.8 Å². The van der Waals surface area contributed by atoms with Gasteiger partial charge in [-0.05, 0) is 56.1 Å². The van der Waals surface area contributed by atoms with Crippen LogP contribution >= 0.6 is 11.6 Å². The topological polar surface area (TPSA) is 12.5 Å². The first-order valence-electron chi connectivity index (χ1n) is 8.36. The third-order valence-corrected chi connectivity index (χ3v) is 5.58. The highest BCUT2D eigenvalue weighted by molar-refractivity contribution is 6.30. The summed E-state index contributed by atoms with van der Waals surface area (Å²) >= 11 is 6.15. The van der Waals surface area contributed by atoms with Gasteiger partial charge in [0.05, 0.1) is 0 Å². The highest BCUT2D eigenvalue weighted by Gasteiger charge is 2.47. The summed E-state index contributed by atoms with van der Waals surface area (Å²) in [7, 11) is 0. The largest absolute Gasteiger partial charge is 0.486 e. The Morgan fingerprint density at radius 1 is 1.29 bits per heavy atom. The molecule has 2 nitrogen and oxygen atoms in total. The lowest BCUT2D eigenvalue weighted by molar-refractivity contribution is -0.0192. The zero-order valence-electron chi connectivity index (χ0n) is 13.2. The van der Waals surface area contributed by atoms with Crippen LogP contribution in [-0.2, 0) is 6.42 Å². The fourth-order valence-corrected chi connectivity index (χ4v) is 4.26. The van der Waals surface area contributed by atoms with E-state index in [9.17, 15) is 0 Å². The molecule has 1 aromatic carbocycles. The van der Waals surface area contributed by atoms with Crippen molar-refractivity contribution in [3.63, 3.8) is 0 Å². The van der Waals surface area contributed by atoms with Crippen molar-refractivity contribution in [1.29, 1.82) is 0 Å². The first kappa shape index (κ1) is 15.2. The van der Waals surface area contributed by atoms with Crippen LogP contribution in [0.2, 0.25) is 5.02 Å². The third kappa shape index (κ3) is 2.93. The van der Waals surface area contributed by atoms with Crippen LogP contribution in [0.3, 0.4) is 0 Å². The molecular weight excluding hydrogens is 282 g/mol. The predicted molar refractivity (Wildman–Crippen MR) is 88.3 cm³/mol. The summed E-state index contributed by atoms with van der Waals surface area (Å²) in [5.41, 5.74) is 1.32. The number of benzene rings is 1. The summed E-state index contributed by atoms with van der Waals surface area (Å²) in [6.45, 7) is 7.92. The van der Waals surface area contributed by atoms with Crippen LogP contribution in [0.1, 0.15) is 45.1 Å². The number of hydrogen-bond acceptors (Lipinski definition) is 2. The lowest BCUT2D eigenvalue weighted by Crippen LogP contribution is -2.49. The van der Waals surface area contributed by atoms with Crippen molar-refractivity contribution in [3.05, 3.63) is 28.8 Å². The zero-order valence-corrected chi connectivity index (χ0v) is 14.0. The number of hydrogen-bond donors (Lipinski definition) is 0. The summed E-state index contributed by atoms with van der Waals surface area (Å²) in [5, 5.41) is 0.825. The molecule has 0 radical (unpaired) electrons. The second kappa shape index (κ2) is 6.18. The Balaban J connectivity index is 1.82. The molecule has 0 saturated heterocycles. The summed E-state index contributed by atoms with van der Waals surface area (Å²) in [4.78, 5) is 2.54. The Labute approximate surface area is 133 Å². The average Bonchev–Trinajstić information content (AvgIpc) is 2.84. The van der Waals surface area contributed by atoms with Crippen molar-refractivity contribution in [2.24, 2.45) is 5.92 Å². The molecular formula is C18H26ClNO. The van der Waals surface area contributed by atoms with Crippen molar-refractivity contribution in [2.45, 2.75) is 51.6 Å². The first-order valence-corrected chi connectivity index (χ1v) is 8.74. The van der Waals surface area contributed by atoms with Gasteiger partial charge in [0.15, 0.2) is 0 Å². The van der Waals surface area contributed by atoms with E-state index in [2.05, 4.69) is 30.9 Å². The fraction of sp³-hybridized carbons (Fsp3) is 0.667. The third-order valence-electron chi connectivity index (χ3n) is 5.35. The number of fused-ring (bicyclic) bond motifs is 1. The average molecular weight is 308 g/mol. The van der Waals surface area contributed by atoms with Crippen LogP contribution in [0.15, 0.2) is 18.2 Å². The van der Waals surface area contributed by atoms with Crippen LogP contribution in [0.4, 0.5) is 0 Å². The zero-order chi connectivity index (χ0) is 14.9. The van der Waals surface area contributed by atoms with Gasteiger partial charge in [0.25, 0.3) is 0 Å². The lowest BCUT2D eigenvalue weighted by atomic mass is 9.73. The smallest absolute Gasteiger partial charge is 0.123 e. The molecule has 1 aliphatic carbocycles. The fourth-order valence-electron chi connectivity index (χ4n) is 4.06.